The van der Waals surface area contributed by atoms with Crippen LogP contribution in [0.25, 0.3) is 0 Å². The Labute approximate surface area is 163 Å². The number of hydrogen-bond donors (Lipinski definition) is 1. The minimum absolute atomic E-state index is 0.0928. The molecule has 0 unspecified atom stereocenters. The van der Waals surface area contributed by atoms with Crippen LogP contribution in [0, 0.1) is 0 Å². The summed E-state index contributed by atoms with van der Waals surface area (Å²) in [5, 5.41) is 15.1. The van der Waals surface area contributed by atoms with Crippen LogP contribution in [0.2, 0.25) is 5.02 Å². The van der Waals surface area contributed by atoms with Gasteiger partial charge in [0.05, 0.1) is 23.4 Å². The van der Waals surface area contributed by atoms with Gasteiger partial charge < -0.3 is 10.0 Å². The zero-order valence-corrected chi connectivity index (χ0v) is 16.1. The molecule has 0 spiro atoms. The van der Waals surface area contributed by atoms with Crippen LogP contribution in [0.4, 0.5) is 0 Å². The van der Waals surface area contributed by atoms with E-state index in [1.165, 1.54) is 16.9 Å². The van der Waals surface area contributed by atoms with E-state index in [1.807, 2.05) is 37.3 Å². The molecule has 1 amide bonds. The Hall–Kier alpha value is -2.18. The maximum absolute atomic E-state index is 12.6. The predicted octanol–water partition coefficient (Wildman–Crippen LogP) is 2.44. The molecule has 0 saturated carbocycles. The lowest BCUT2D eigenvalue weighted by atomic mass is 9.90. The Kier molecular flexibility index (Phi) is 5.97. The third-order valence-corrected chi connectivity index (χ3v) is 5.38. The zero-order chi connectivity index (χ0) is 19.4. The highest BCUT2D eigenvalue weighted by molar-refractivity contribution is 6.30. The first-order chi connectivity index (χ1) is 12.9. The summed E-state index contributed by atoms with van der Waals surface area (Å²) >= 11 is 5.75. The van der Waals surface area contributed by atoms with Crippen LogP contribution < -0.4 is 5.56 Å². The van der Waals surface area contributed by atoms with Gasteiger partial charge in [0.25, 0.3) is 5.56 Å². The minimum Gasteiger partial charge on any atom is -0.388 e. The summed E-state index contributed by atoms with van der Waals surface area (Å²) in [4.78, 5) is 26.3. The number of carbonyl (C=O) groups excluding carboxylic acids is 1. The highest BCUT2D eigenvalue weighted by atomic mass is 35.5. The molecule has 1 aromatic carbocycles. The summed E-state index contributed by atoms with van der Waals surface area (Å²) in [7, 11) is 0. The van der Waals surface area contributed by atoms with E-state index >= 15 is 0 Å². The van der Waals surface area contributed by atoms with E-state index in [1.54, 1.807) is 4.90 Å². The molecule has 1 aromatic heterocycles. The molecule has 0 radical (unpaired) electrons. The summed E-state index contributed by atoms with van der Waals surface area (Å²) in [6.07, 6.45) is 2.65. The standard InChI is InChI=1S/C20H24ClN3O3/c1-15(16-5-3-2-4-6-16)11-18(25)23-9-7-20(27,8-10-23)14-24-19(26)12-17(21)13-22-24/h2-6,12-13,15,27H,7-11,14H2,1H3/t15-/m1/s1. The lowest BCUT2D eigenvalue weighted by Crippen LogP contribution is -2.50. The average molecular weight is 390 g/mol. The second-order valence-electron chi connectivity index (χ2n) is 7.29. The first kappa shape index (κ1) is 19.6. The zero-order valence-electron chi connectivity index (χ0n) is 15.3. The fourth-order valence-corrected chi connectivity index (χ4v) is 3.57. The Morgan fingerprint density at radius 2 is 1.96 bits per heavy atom. The molecule has 6 nitrogen and oxygen atoms in total. The number of nitrogens with zero attached hydrogens (tertiary/aromatic N) is 3. The first-order valence-electron chi connectivity index (χ1n) is 9.14. The van der Waals surface area contributed by atoms with E-state index in [4.69, 9.17) is 11.6 Å². The summed E-state index contributed by atoms with van der Waals surface area (Å²) < 4.78 is 1.22. The molecule has 27 heavy (non-hydrogen) atoms. The van der Waals surface area contributed by atoms with Crippen molar-refractivity contribution in [3.05, 3.63) is 63.5 Å². The molecular weight excluding hydrogens is 366 g/mol. The van der Waals surface area contributed by atoms with E-state index in [0.29, 0.717) is 32.4 Å². The van der Waals surface area contributed by atoms with Crippen molar-refractivity contribution in [3.8, 4) is 0 Å². The molecule has 144 valence electrons. The van der Waals surface area contributed by atoms with Gasteiger partial charge in [0.1, 0.15) is 0 Å². The average Bonchev–Trinajstić information content (AvgIpc) is 2.65. The Morgan fingerprint density at radius 1 is 1.30 bits per heavy atom. The normalized spacial score (nSPS) is 17.5. The summed E-state index contributed by atoms with van der Waals surface area (Å²) in [6.45, 7) is 3.09. The topological polar surface area (TPSA) is 75.4 Å². The molecule has 3 rings (SSSR count). The second kappa shape index (κ2) is 8.23. The number of piperidine rings is 1. The molecule has 0 aliphatic carbocycles. The van der Waals surface area contributed by atoms with Crippen LogP contribution in [0.3, 0.4) is 0 Å². The van der Waals surface area contributed by atoms with Crippen molar-refractivity contribution < 1.29 is 9.90 Å². The van der Waals surface area contributed by atoms with Gasteiger partial charge in [0.2, 0.25) is 5.91 Å². The minimum atomic E-state index is -1.05. The smallest absolute Gasteiger partial charge is 0.268 e. The van der Waals surface area contributed by atoms with Crippen molar-refractivity contribution in [1.82, 2.24) is 14.7 Å². The third kappa shape index (κ3) is 4.96. The maximum Gasteiger partial charge on any atom is 0.268 e. The van der Waals surface area contributed by atoms with Crippen molar-refractivity contribution in [2.45, 2.75) is 44.2 Å². The van der Waals surface area contributed by atoms with Crippen LogP contribution in [-0.4, -0.2) is 44.4 Å². The predicted molar refractivity (Wildman–Crippen MR) is 104 cm³/mol. The van der Waals surface area contributed by atoms with Crippen LogP contribution in [0.5, 0.6) is 0 Å². The summed E-state index contributed by atoms with van der Waals surface area (Å²) in [6, 6.07) is 11.3. The van der Waals surface area contributed by atoms with Crippen molar-refractivity contribution in [1.29, 1.82) is 0 Å². The first-order valence-corrected chi connectivity index (χ1v) is 9.52. The van der Waals surface area contributed by atoms with E-state index < -0.39 is 5.60 Å². The molecule has 2 heterocycles. The van der Waals surface area contributed by atoms with Gasteiger partial charge in [0, 0.05) is 25.6 Å². The third-order valence-electron chi connectivity index (χ3n) is 5.18. The molecule has 7 heteroatoms. The van der Waals surface area contributed by atoms with Gasteiger partial charge in [-0.1, -0.05) is 48.9 Å². The number of likely N-dealkylation sites (tertiary alicyclic amines) is 1. The summed E-state index contributed by atoms with van der Waals surface area (Å²) in [5.74, 6) is 0.242. The van der Waals surface area contributed by atoms with Crippen LogP contribution in [0.1, 0.15) is 37.7 Å². The van der Waals surface area contributed by atoms with E-state index in [0.717, 1.165) is 5.56 Å². The molecule has 1 N–H and O–H groups in total. The number of halogens is 1. The quantitative estimate of drug-likeness (QED) is 0.852. The van der Waals surface area contributed by atoms with Gasteiger partial charge in [-0.2, -0.15) is 5.10 Å². The van der Waals surface area contributed by atoms with Crippen molar-refractivity contribution in [2.24, 2.45) is 0 Å². The molecule has 1 atom stereocenters. The van der Waals surface area contributed by atoms with Gasteiger partial charge in [-0.15, -0.1) is 0 Å². The Morgan fingerprint density at radius 3 is 2.59 bits per heavy atom. The van der Waals surface area contributed by atoms with Crippen molar-refractivity contribution in [2.75, 3.05) is 13.1 Å². The number of benzene rings is 1. The number of carbonyl (C=O) groups is 1. The van der Waals surface area contributed by atoms with Crippen LogP contribution in [0.15, 0.2) is 47.4 Å². The van der Waals surface area contributed by atoms with E-state index in [-0.39, 0.29) is 29.0 Å². The lowest BCUT2D eigenvalue weighted by molar-refractivity contribution is -0.136. The number of amides is 1. The van der Waals surface area contributed by atoms with Crippen molar-refractivity contribution >= 4 is 17.5 Å². The summed E-state index contributed by atoms with van der Waals surface area (Å²) in [5.41, 5.74) is -0.245. The van der Waals surface area contributed by atoms with E-state index in [2.05, 4.69) is 5.10 Å². The van der Waals surface area contributed by atoms with Crippen molar-refractivity contribution in [3.63, 3.8) is 0 Å². The monoisotopic (exact) mass is 389 g/mol. The fourth-order valence-electron chi connectivity index (χ4n) is 3.43. The molecule has 1 aliphatic rings. The SMILES string of the molecule is C[C@H](CC(=O)N1CCC(O)(Cn2ncc(Cl)cc2=O)CC1)c1ccccc1. The number of rotatable bonds is 5. The molecule has 0 bridgehead atoms. The van der Waals surface area contributed by atoms with Gasteiger partial charge in [-0.25, -0.2) is 4.68 Å². The maximum atomic E-state index is 12.6. The van der Waals surface area contributed by atoms with Crippen LogP contribution in [-0.2, 0) is 11.3 Å². The number of aromatic nitrogens is 2. The van der Waals surface area contributed by atoms with Crippen LogP contribution >= 0.6 is 11.6 Å². The Balaban J connectivity index is 1.56. The number of aliphatic hydroxyl groups is 1. The molecule has 1 fully saturated rings. The largest absolute Gasteiger partial charge is 0.388 e. The highest BCUT2D eigenvalue weighted by Gasteiger charge is 2.35. The van der Waals surface area contributed by atoms with Gasteiger partial charge in [-0.05, 0) is 24.3 Å². The van der Waals surface area contributed by atoms with Gasteiger partial charge in [-0.3, -0.25) is 9.59 Å². The number of hydrogen-bond acceptors (Lipinski definition) is 4. The Bertz CT molecular complexity index is 845. The molecular formula is C20H24ClN3O3. The molecule has 1 saturated heterocycles. The lowest BCUT2D eigenvalue weighted by Gasteiger charge is -2.38. The van der Waals surface area contributed by atoms with Gasteiger partial charge in [0.15, 0.2) is 0 Å². The molecule has 1 aliphatic heterocycles. The van der Waals surface area contributed by atoms with E-state index in [9.17, 15) is 14.7 Å². The molecule has 2 aromatic rings. The second-order valence-corrected chi connectivity index (χ2v) is 7.73. The fraction of sp³-hybridized carbons (Fsp3) is 0.450. The highest BCUT2D eigenvalue weighted by Crippen LogP contribution is 2.26. The van der Waals surface area contributed by atoms with Gasteiger partial charge >= 0.3 is 0 Å².